The molecule has 124 valence electrons. The molecule has 1 aromatic carbocycles. The predicted octanol–water partition coefficient (Wildman–Crippen LogP) is 3.84. The van der Waals surface area contributed by atoms with Crippen molar-refractivity contribution in [2.75, 3.05) is 19.0 Å². The number of amides is 1. The molecule has 1 saturated heterocycles. The van der Waals surface area contributed by atoms with E-state index in [1.54, 1.807) is 4.90 Å². The highest BCUT2D eigenvalue weighted by atomic mass is 32.2. The molecule has 0 bridgehead atoms. The number of rotatable bonds is 4. The van der Waals surface area contributed by atoms with Crippen LogP contribution in [0.4, 0.5) is 5.69 Å². The number of nitrogens with zero attached hydrogens (tertiary/aromatic N) is 3. The van der Waals surface area contributed by atoms with Gasteiger partial charge in [-0.15, -0.1) is 0 Å². The van der Waals surface area contributed by atoms with Crippen LogP contribution >= 0.6 is 11.8 Å². The summed E-state index contributed by atoms with van der Waals surface area (Å²) in [5.74, 6) is 0.0427. The summed E-state index contributed by atoms with van der Waals surface area (Å²) in [6.45, 7) is 8.09. The lowest BCUT2D eigenvalue weighted by Gasteiger charge is -2.20. The molecule has 1 heterocycles. The molecular weight excluding hydrogens is 306 g/mol. The zero-order chi connectivity index (χ0) is 17.1. The Morgan fingerprint density at radius 1 is 1.13 bits per heavy atom. The van der Waals surface area contributed by atoms with Gasteiger partial charge in [0.1, 0.15) is 0 Å². The maximum atomic E-state index is 12.7. The second-order valence-corrected chi connectivity index (χ2v) is 7.38. The molecule has 0 N–H and O–H groups in total. The summed E-state index contributed by atoms with van der Waals surface area (Å²) in [5, 5.41) is 0.802. The topological polar surface area (TPSA) is 35.9 Å². The van der Waals surface area contributed by atoms with Crippen LogP contribution in [-0.4, -0.2) is 42.2 Å². The Balaban J connectivity index is 2.30. The third-order valence-electron chi connectivity index (χ3n) is 3.43. The minimum Gasteiger partial charge on any atom is -0.378 e. The standard InChI is InChI=1S/C18H25N3OS/c1-12(2)19-18-21(13(3)4)17(22)16(23-18)11-14-7-9-15(10-8-14)20(5)6/h7-13H,1-6H3/b16-11+,19-18?. The van der Waals surface area contributed by atoms with Crippen molar-refractivity contribution >= 4 is 34.6 Å². The van der Waals surface area contributed by atoms with Crippen molar-refractivity contribution < 1.29 is 4.79 Å². The quantitative estimate of drug-likeness (QED) is 0.787. The van der Waals surface area contributed by atoms with Crippen LogP contribution in [0.1, 0.15) is 33.3 Å². The van der Waals surface area contributed by atoms with Crippen molar-refractivity contribution in [2.45, 2.75) is 39.8 Å². The van der Waals surface area contributed by atoms with Gasteiger partial charge in [0.2, 0.25) is 0 Å². The number of hydrogen-bond acceptors (Lipinski definition) is 4. The molecule has 0 aliphatic carbocycles. The lowest BCUT2D eigenvalue weighted by Crippen LogP contribution is -2.35. The van der Waals surface area contributed by atoms with Gasteiger partial charge in [-0.3, -0.25) is 14.7 Å². The van der Waals surface area contributed by atoms with Gasteiger partial charge in [-0.25, -0.2) is 0 Å². The van der Waals surface area contributed by atoms with E-state index in [1.165, 1.54) is 11.8 Å². The first-order valence-electron chi connectivity index (χ1n) is 7.88. The van der Waals surface area contributed by atoms with Crippen LogP contribution in [0, 0.1) is 0 Å². The van der Waals surface area contributed by atoms with Crippen molar-refractivity contribution in [3.63, 3.8) is 0 Å². The Kier molecular flexibility index (Phi) is 5.52. The average molecular weight is 331 g/mol. The molecule has 5 heteroatoms. The van der Waals surface area contributed by atoms with Gasteiger partial charge >= 0.3 is 0 Å². The van der Waals surface area contributed by atoms with Gasteiger partial charge < -0.3 is 4.90 Å². The fraction of sp³-hybridized carbons (Fsp3) is 0.444. The molecule has 23 heavy (non-hydrogen) atoms. The Morgan fingerprint density at radius 3 is 2.22 bits per heavy atom. The molecule has 1 aliphatic heterocycles. The summed E-state index contributed by atoms with van der Waals surface area (Å²) in [7, 11) is 4.03. The summed E-state index contributed by atoms with van der Waals surface area (Å²) in [6.07, 6.45) is 1.95. The van der Waals surface area contributed by atoms with E-state index >= 15 is 0 Å². The van der Waals surface area contributed by atoms with Crippen molar-refractivity contribution in [1.82, 2.24) is 4.90 Å². The van der Waals surface area contributed by atoms with Gasteiger partial charge in [-0.1, -0.05) is 12.1 Å². The number of amidine groups is 1. The number of carbonyl (C=O) groups excluding carboxylic acids is 1. The minimum absolute atomic E-state index is 0.0427. The smallest absolute Gasteiger partial charge is 0.266 e. The summed E-state index contributed by atoms with van der Waals surface area (Å²) in [5.41, 5.74) is 2.17. The number of thioether (sulfide) groups is 1. The van der Waals surface area contributed by atoms with Crippen LogP contribution in [0.5, 0.6) is 0 Å². The van der Waals surface area contributed by atoms with Gasteiger partial charge in [-0.2, -0.15) is 0 Å². The minimum atomic E-state index is 0.0427. The maximum absolute atomic E-state index is 12.7. The first-order chi connectivity index (χ1) is 10.8. The zero-order valence-electron chi connectivity index (χ0n) is 14.7. The molecule has 4 nitrogen and oxygen atoms in total. The van der Waals surface area contributed by atoms with E-state index in [4.69, 9.17) is 0 Å². The van der Waals surface area contributed by atoms with Crippen molar-refractivity contribution in [3.05, 3.63) is 34.7 Å². The third kappa shape index (κ3) is 4.16. The largest absolute Gasteiger partial charge is 0.378 e. The summed E-state index contributed by atoms with van der Waals surface area (Å²) < 4.78 is 0. The molecule has 1 amide bonds. The maximum Gasteiger partial charge on any atom is 0.266 e. The first-order valence-corrected chi connectivity index (χ1v) is 8.69. The fourth-order valence-corrected chi connectivity index (χ4v) is 3.51. The lowest BCUT2D eigenvalue weighted by atomic mass is 10.2. The fourth-order valence-electron chi connectivity index (χ4n) is 2.27. The van der Waals surface area contributed by atoms with E-state index < -0.39 is 0 Å². The summed E-state index contributed by atoms with van der Waals surface area (Å²) in [6, 6.07) is 8.46. The summed E-state index contributed by atoms with van der Waals surface area (Å²) >= 11 is 1.47. The molecule has 0 radical (unpaired) electrons. The monoisotopic (exact) mass is 331 g/mol. The van der Waals surface area contributed by atoms with Crippen LogP contribution in [0.2, 0.25) is 0 Å². The molecule has 0 atom stereocenters. The third-order valence-corrected chi connectivity index (χ3v) is 4.43. The molecule has 0 unspecified atom stereocenters. The molecule has 1 aromatic rings. The molecular formula is C18H25N3OS. The SMILES string of the molecule is CC(C)N=C1S/C(=C/c2ccc(N(C)C)cc2)C(=O)N1C(C)C. The van der Waals surface area contributed by atoms with E-state index in [0.717, 1.165) is 21.3 Å². The van der Waals surface area contributed by atoms with Crippen molar-refractivity contribution in [2.24, 2.45) is 4.99 Å². The van der Waals surface area contributed by atoms with Gasteiger partial charge in [0, 0.05) is 31.9 Å². The van der Waals surface area contributed by atoms with Gasteiger partial charge in [0.05, 0.1) is 4.91 Å². The lowest BCUT2D eigenvalue weighted by molar-refractivity contribution is -0.123. The number of benzene rings is 1. The summed E-state index contributed by atoms with van der Waals surface area (Å²) in [4.78, 5) is 21.8. The number of anilines is 1. The Labute approximate surface area is 143 Å². The van der Waals surface area contributed by atoms with Crippen molar-refractivity contribution in [1.29, 1.82) is 0 Å². The highest BCUT2D eigenvalue weighted by Crippen LogP contribution is 2.34. The highest BCUT2D eigenvalue weighted by Gasteiger charge is 2.35. The normalized spacial score (nSPS) is 18.8. The molecule has 1 fully saturated rings. The molecule has 0 aromatic heterocycles. The van der Waals surface area contributed by atoms with Crippen LogP contribution in [0.15, 0.2) is 34.2 Å². The first kappa shape index (κ1) is 17.6. The Bertz CT molecular complexity index is 630. The average Bonchev–Trinajstić information content (AvgIpc) is 2.74. The van der Waals surface area contributed by atoms with Crippen LogP contribution in [0.3, 0.4) is 0 Å². The van der Waals surface area contributed by atoms with Crippen LogP contribution in [-0.2, 0) is 4.79 Å². The van der Waals surface area contributed by atoms with Gasteiger partial charge in [0.25, 0.3) is 5.91 Å². The number of carbonyl (C=O) groups is 1. The van der Waals surface area contributed by atoms with Crippen LogP contribution in [0.25, 0.3) is 6.08 Å². The van der Waals surface area contributed by atoms with E-state index in [-0.39, 0.29) is 18.0 Å². The van der Waals surface area contributed by atoms with E-state index in [2.05, 4.69) is 22.0 Å². The number of hydrogen-bond donors (Lipinski definition) is 0. The van der Waals surface area contributed by atoms with E-state index in [0.29, 0.717) is 0 Å². The number of aliphatic imine (C=N–C) groups is 1. The van der Waals surface area contributed by atoms with Gasteiger partial charge in [0.15, 0.2) is 5.17 Å². The predicted molar refractivity (Wildman–Crippen MR) is 101 cm³/mol. The highest BCUT2D eigenvalue weighted by molar-refractivity contribution is 8.18. The molecule has 0 saturated carbocycles. The van der Waals surface area contributed by atoms with E-state index in [9.17, 15) is 4.79 Å². The zero-order valence-corrected chi connectivity index (χ0v) is 15.5. The molecule has 1 aliphatic rings. The van der Waals surface area contributed by atoms with Crippen molar-refractivity contribution in [3.8, 4) is 0 Å². The molecule has 2 rings (SSSR count). The second kappa shape index (κ2) is 7.21. The Hall–Kier alpha value is -1.75. The van der Waals surface area contributed by atoms with Crippen LogP contribution < -0.4 is 4.90 Å². The van der Waals surface area contributed by atoms with E-state index in [1.807, 2.05) is 60.0 Å². The molecule has 0 spiro atoms. The Morgan fingerprint density at radius 2 is 1.74 bits per heavy atom. The second-order valence-electron chi connectivity index (χ2n) is 6.37. The van der Waals surface area contributed by atoms with Gasteiger partial charge in [-0.05, 0) is 63.2 Å².